The van der Waals surface area contributed by atoms with Gasteiger partial charge in [0.15, 0.2) is 11.5 Å². The normalized spacial score (nSPS) is 13.5. The zero-order valence-electron chi connectivity index (χ0n) is 13.6. The van der Waals surface area contributed by atoms with Crippen molar-refractivity contribution in [2.45, 2.75) is 26.1 Å². The van der Waals surface area contributed by atoms with Crippen molar-refractivity contribution in [2.75, 3.05) is 6.79 Å². The molecule has 1 aromatic carbocycles. The van der Waals surface area contributed by atoms with Crippen molar-refractivity contribution >= 4 is 5.91 Å². The zero-order chi connectivity index (χ0) is 17.8. The molecule has 1 amide bonds. The van der Waals surface area contributed by atoms with Crippen LogP contribution >= 0.6 is 0 Å². The van der Waals surface area contributed by atoms with E-state index in [1.54, 1.807) is 31.2 Å². The summed E-state index contributed by atoms with van der Waals surface area (Å²) in [4.78, 5) is 14.7. The number of nitrogens with two attached hydrogens (primary N) is 1. The smallest absolute Gasteiger partial charge is 0.234 e. The molecule has 0 spiro atoms. The van der Waals surface area contributed by atoms with Crippen molar-refractivity contribution in [3.63, 3.8) is 0 Å². The summed E-state index contributed by atoms with van der Waals surface area (Å²) in [5.41, 5.74) is 6.38. The van der Waals surface area contributed by atoms with Gasteiger partial charge in [-0.1, -0.05) is 6.07 Å². The zero-order valence-corrected chi connectivity index (χ0v) is 13.6. The summed E-state index contributed by atoms with van der Waals surface area (Å²) in [6.45, 7) is 2.15. The van der Waals surface area contributed by atoms with E-state index in [-0.39, 0.29) is 13.4 Å². The largest absolute Gasteiger partial charge is 0.485 e. The lowest BCUT2D eigenvalue weighted by atomic mass is 10.1. The number of halogens is 1. The predicted octanol–water partition coefficient (Wildman–Crippen LogP) is 1.49. The standard InChI is InChI=1S/C17H18FN3O4/c1-10(17(19)22)21-7-11-4-5-13(15-14(11)24-9-25-15)23-8-12-3-2-6-20-16(12)18/h2-6,10,21H,7-9H2,1H3,(H2,19,22)/t10-/m0/s1. The van der Waals surface area contributed by atoms with Crippen molar-refractivity contribution in [1.29, 1.82) is 0 Å². The summed E-state index contributed by atoms with van der Waals surface area (Å²) in [7, 11) is 0. The SMILES string of the molecule is C[C@H](NCc1ccc(OCc2cccnc2F)c2c1OCO2)C(N)=O. The molecule has 1 atom stereocenters. The predicted molar refractivity (Wildman–Crippen MR) is 86.6 cm³/mol. The Balaban J connectivity index is 1.73. The van der Waals surface area contributed by atoms with E-state index in [4.69, 9.17) is 19.9 Å². The van der Waals surface area contributed by atoms with Crippen LogP contribution in [0.3, 0.4) is 0 Å². The summed E-state index contributed by atoms with van der Waals surface area (Å²) < 4.78 is 30.2. The van der Waals surface area contributed by atoms with Gasteiger partial charge in [-0.05, 0) is 25.1 Å². The number of carbonyl (C=O) groups is 1. The van der Waals surface area contributed by atoms with Crippen LogP contribution in [0.25, 0.3) is 0 Å². The number of carbonyl (C=O) groups excluding carboxylic acids is 1. The van der Waals surface area contributed by atoms with Gasteiger partial charge in [0.1, 0.15) is 6.61 Å². The van der Waals surface area contributed by atoms with E-state index < -0.39 is 17.9 Å². The number of pyridine rings is 1. The van der Waals surface area contributed by atoms with E-state index in [9.17, 15) is 9.18 Å². The van der Waals surface area contributed by atoms with E-state index in [0.717, 1.165) is 5.56 Å². The van der Waals surface area contributed by atoms with Gasteiger partial charge in [0, 0.05) is 23.9 Å². The van der Waals surface area contributed by atoms with Gasteiger partial charge >= 0.3 is 0 Å². The first kappa shape index (κ1) is 17.0. The number of fused-ring (bicyclic) bond motifs is 1. The Hall–Kier alpha value is -2.87. The van der Waals surface area contributed by atoms with E-state index in [2.05, 4.69) is 10.3 Å². The van der Waals surface area contributed by atoms with Gasteiger partial charge in [-0.2, -0.15) is 4.39 Å². The molecule has 0 bridgehead atoms. The fraction of sp³-hybridized carbons (Fsp3) is 0.294. The fourth-order valence-corrected chi connectivity index (χ4v) is 2.33. The minimum absolute atomic E-state index is 0.0196. The van der Waals surface area contributed by atoms with Gasteiger partial charge in [0.05, 0.1) is 6.04 Å². The van der Waals surface area contributed by atoms with Crippen LogP contribution in [-0.2, 0) is 17.9 Å². The number of hydrogen-bond acceptors (Lipinski definition) is 6. The highest BCUT2D eigenvalue weighted by molar-refractivity contribution is 5.79. The van der Waals surface area contributed by atoms with Crippen LogP contribution in [0.2, 0.25) is 0 Å². The molecule has 0 aliphatic carbocycles. The Labute approximate surface area is 143 Å². The molecule has 1 aromatic heterocycles. The van der Waals surface area contributed by atoms with Crippen LogP contribution < -0.4 is 25.3 Å². The summed E-state index contributed by atoms with van der Waals surface area (Å²) >= 11 is 0. The van der Waals surface area contributed by atoms with E-state index in [1.807, 2.05) is 0 Å². The number of rotatable bonds is 7. The third-order valence-electron chi connectivity index (χ3n) is 3.81. The van der Waals surface area contributed by atoms with Gasteiger partial charge in [-0.15, -0.1) is 0 Å². The third-order valence-corrected chi connectivity index (χ3v) is 3.81. The summed E-state index contributed by atoms with van der Waals surface area (Å²) in [5.74, 6) is 0.427. The average molecular weight is 347 g/mol. The number of benzene rings is 1. The molecule has 0 saturated carbocycles. The third kappa shape index (κ3) is 3.80. The molecule has 0 radical (unpaired) electrons. The van der Waals surface area contributed by atoms with Crippen LogP contribution in [0.1, 0.15) is 18.1 Å². The fourth-order valence-electron chi connectivity index (χ4n) is 2.33. The van der Waals surface area contributed by atoms with Crippen molar-refractivity contribution in [3.05, 3.63) is 47.5 Å². The second-order valence-electron chi connectivity index (χ2n) is 5.53. The first-order valence-corrected chi connectivity index (χ1v) is 7.72. The van der Waals surface area contributed by atoms with Crippen LogP contribution in [0.5, 0.6) is 17.2 Å². The number of aromatic nitrogens is 1. The molecule has 2 aromatic rings. The van der Waals surface area contributed by atoms with Gasteiger partial charge in [-0.25, -0.2) is 4.98 Å². The van der Waals surface area contributed by atoms with Gasteiger partial charge in [0.25, 0.3) is 0 Å². The Morgan fingerprint density at radius 3 is 2.92 bits per heavy atom. The highest BCUT2D eigenvalue weighted by Gasteiger charge is 2.23. The summed E-state index contributed by atoms with van der Waals surface area (Å²) in [5, 5.41) is 3.00. The first-order valence-electron chi connectivity index (χ1n) is 7.72. The topological polar surface area (TPSA) is 95.7 Å². The molecule has 3 N–H and O–H groups in total. The molecule has 8 heteroatoms. The lowest BCUT2D eigenvalue weighted by molar-refractivity contribution is -0.119. The molecular weight excluding hydrogens is 329 g/mol. The van der Waals surface area contributed by atoms with Crippen molar-refractivity contribution in [2.24, 2.45) is 5.73 Å². The molecule has 1 aliphatic heterocycles. The number of primary amides is 1. The minimum Gasteiger partial charge on any atom is -0.485 e. The second kappa shape index (κ2) is 7.35. The number of hydrogen-bond donors (Lipinski definition) is 2. The Morgan fingerprint density at radius 1 is 1.36 bits per heavy atom. The van der Waals surface area contributed by atoms with Gasteiger partial charge in [0.2, 0.25) is 24.4 Å². The lowest BCUT2D eigenvalue weighted by Gasteiger charge is -2.14. The molecule has 132 valence electrons. The number of nitrogens with zero attached hydrogens (tertiary/aromatic N) is 1. The number of amides is 1. The maximum Gasteiger partial charge on any atom is 0.234 e. The van der Waals surface area contributed by atoms with Crippen LogP contribution in [0.15, 0.2) is 30.5 Å². The van der Waals surface area contributed by atoms with Gasteiger partial charge in [-0.3, -0.25) is 4.79 Å². The molecule has 0 saturated heterocycles. The Bertz CT molecular complexity index is 784. The molecule has 7 nitrogen and oxygen atoms in total. The van der Waals surface area contributed by atoms with Crippen molar-refractivity contribution in [1.82, 2.24) is 10.3 Å². The quantitative estimate of drug-likeness (QED) is 0.737. The Kier molecular flexibility index (Phi) is 4.99. The number of nitrogens with one attached hydrogen (secondary N) is 1. The molecule has 0 unspecified atom stereocenters. The average Bonchev–Trinajstić information content (AvgIpc) is 3.09. The minimum atomic E-state index is -0.572. The lowest BCUT2D eigenvalue weighted by Crippen LogP contribution is -2.38. The monoisotopic (exact) mass is 347 g/mol. The number of ether oxygens (including phenoxy) is 3. The molecule has 0 fully saturated rings. The Morgan fingerprint density at radius 2 is 2.16 bits per heavy atom. The van der Waals surface area contributed by atoms with Crippen LogP contribution in [-0.4, -0.2) is 23.7 Å². The first-order chi connectivity index (χ1) is 12.1. The van der Waals surface area contributed by atoms with E-state index >= 15 is 0 Å². The summed E-state index contributed by atoms with van der Waals surface area (Å²) in [6.07, 6.45) is 1.38. The van der Waals surface area contributed by atoms with Crippen LogP contribution in [0.4, 0.5) is 4.39 Å². The van der Waals surface area contributed by atoms with Gasteiger partial charge < -0.3 is 25.3 Å². The molecule has 1 aliphatic rings. The molecule has 3 rings (SSSR count). The van der Waals surface area contributed by atoms with Crippen molar-refractivity contribution in [3.8, 4) is 17.2 Å². The molecule has 2 heterocycles. The highest BCUT2D eigenvalue weighted by atomic mass is 19.1. The van der Waals surface area contributed by atoms with E-state index in [1.165, 1.54) is 6.20 Å². The second-order valence-corrected chi connectivity index (χ2v) is 5.53. The highest BCUT2D eigenvalue weighted by Crippen LogP contribution is 2.43. The van der Waals surface area contributed by atoms with E-state index in [0.29, 0.717) is 29.4 Å². The maximum atomic E-state index is 13.6. The van der Waals surface area contributed by atoms with Crippen LogP contribution in [0, 0.1) is 5.95 Å². The van der Waals surface area contributed by atoms with Crippen molar-refractivity contribution < 1.29 is 23.4 Å². The summed E-state index contributed by atoms with van der Waals surface area (Å²) in [6, 6.07) is 6.28. The molecular formula is C17H18FN3O4. The molecule has 25 heavy (non-hydrogen) atoms. The maximum absolute atomic E-state index is 13.6.